The lowest BCUT2D eigenvalue weighted by atomic mass is 10.1. The van der Waals surface area contributed by atoms with E-state index >= 15 is 0 Å². The summed E-state index contributed by atoms with van der Waals surface area (Å²) in [5, 5.41) is 2.58. The summed E-state index contributed by atoms with van der Waals surface area (Å²) in [5.41, 5.74) is 1.75. The summed E-state index contributed by atoms with van der Waals surface area (Å²) in [4.78, 5) is 19.1. The van der Waals surface area contributed by atoms with E-state index in [0.717, 1.165) is 11.1 Å². The molecule has 0 unspecified atom stereocenters. The predicted octanol–water partition coefficient (Wildman–Crippen LogP) is 1.17. The van der Waals surface area contributed by atoms with Crippen molar-refractivity contribution in [1.82, 2.24) is 5.32 Å². The minimum atomic E-state index is -0.0249. The lowest BCUT2D eigenvalue weighted by molar-refractivity contribution is -0.0979. The van der Waals surface area contributed by atoms with E-state index in [1.54, 1.807) is 7.05 Å². The van der Waals surface area contributed by atoms with Crippen molar-refractivity contribution in [2.45, 2.75) is 6.92 Å². The molecule has 0 radical (unpaired) electrons. The Morgan fingerprint density at radius 3 is 2.31 bits per heavy atom. The van der Waals surface area contributed by atoms with Crippen LogP contribution in [0.5, 0.6) is 0 Å². The van der Waals surface area contributed by atoms with Crippen molar-refractivity contribution in [1.29, 1.82) is 0 Å². The summed E-state index contributed by atoms with van der Waals surface area (Å²) >= 11 is 0. The fraction of sp³-hybridized carbons (Fsp3) is 0.200. The number of carbonyl (C=O) groups is 2. The van der Waals surface area contributed by atoms with Gasteiger partial charge in [0.05, 0.1) is 0 Å². The zero-order chi connectivity index (χ0) is 10.3. The molecule has 0 saturated carbocycles. The molecule has 3 nitrogen and oxygen atoms in total. The number of aryl methyl sites for hydroxylation is 1. The summed E-state index contributed by atoms with van der Waals surface area (Å²) in [6.45, 7) is 3.92. The van der Waals surface area contributed by atoms with Crippen LogP contribution in [-0.2, 0) is 4.79 Å². The summed E-state index contributed by atoms with van der Waals surface area (Å²) in [5.74, 6) is -0.0249. The van der Waals surface area contributed by atoms with Crippen molar-refractivity contribution in [2.75, 3.05) is 7.05 Å². The van der Waals surface area contributed by atoms with Crippen LogP contribution in [0.1, 0.15) is 15.9 Å². The molecule has 0 saturated heterocycles. The van der Waals surface area contributed by atoms with Crippen molar-refractivity contribution in [3.8, 4) is 0 Å². The molecule has 0 heterocycles. The van der Waals surface area contributed by atoms with E-state index in [2.05, 4.69) is 5.32 Å². The van der Waals surface area contributed by atoms with Gasteiger partial charge < -0.3 is 10.1 Å². The Morgan fingerprint density at radius 2 is 1.85 bits per heavy atom. The molecule has 1 amide bonds. The second-order valence-electron chi connectivity index (χ2n) is 2.39. The van der Waals surface area contributed by atoms with E-state index in [1.807, 2.05) is 38.0 Å². The molecule has 0 atom stereocenters. The lowest BCUT2D eigenvalue weighted by Gasteiger charge is -2.01. The van der Waals surface area contributed by atoms with Gasteiger partial charge in [0, 0.05) is 12.6 Å². The molecule has 1 aromatic carbocycles. The number of amides is 1. The zero-order valence-electron chi connectivity index (χ0n) is 7.83. The molecule has 1 N–H and O–H groups in total. The maximum atomic E-state index is 11.1. The topological polar surface area (TPSA) is 46.2 Å². The molecule has 0 aromatic heterocycles. The Labute approximate surface area is 77.8 Å². The van der Waals surface area contributed by atoms with Gasteiger partial charge in [0.2, 0.25) is 0 Å². The second-order valence-corrected chi connectivity index (χ2v) is 2.39. The van der Waals surface area contributed by atoms with Crippen molar-refractivity contribution in [2.24, 2.45) is 0 Å². The fourth-order valence-electron chi connectivity index (χ4n) is 0.962. The average Bonchev–Trinajstić information content (AvgIpc) is 2.20. The van der Waals surface area contributed by atoms with E-state index in [4.69, 9.17) is 4.79 Å². The van der Waals surface area contributed by atoms with E-state index in [1.165, 1.54) is 0 Å². The smallest absolute Gasteiger partial charge is 0.251 e. The molecule has 3 heteroatoms. The van der Waals surface area contributed by atoms with Crippen LogP contribution in [0.25, 0.3) is 0 Å². The average molecular weight is 179 g/mol. The summed E-state index contributed by atoms with van der Waals surface area (Å²) < 4.78 is 0. The molecule has 0 bridgehead atoms. The molecule has 1 aromatic rings. The number of nitrogens with one attached hydrogen (secondary N) is 1. The van der Waals surface area contributed by atoms with E-state index < -0.39 is 0 Å². The third-order valence-electron chi connectivity index (χ3n) is 1.62. The molecule has 13 heavy (non-hydrogen) atoms. The molecular formula is C10H13NO2. The third-order valence-corrected chi connectivity index (χ3v) is 1.62. The quantitative estimate of drug-likeness (QED) is 0.703. The van der Waals surface area contributed by atoms with Crippen molar-refractivity contribution in [3.05, 3.63) is 35.4 Å². The van der Waals surface area contributed by atoms with Crippen LogP contribution >= 0.6 is 0 Å². The van der Waals surface area contributed by atoms with Gasteiger partial charge in [0.25, 0.3) is 5.91 Å². The van der Waals surface area contributed by atoms with Crippen molar-refractivity contribution < 1.29 is 9.59 Å². The van der Waals surface area contributed by atoms with E-state index in [0.29, 0.717) is 0 Å². The van der Waals surface area contributed by atoms with Crippen molar-refractivity contribution >= 4 is 12.7 Å². The molecular weight excluding hydrogens is 166 g/mol. The molecule has 0 fully saturated rings. The molecule has 70 valence electrons. The van der Waals surface area contributed by atoms with Gasteiger partial charge in [-0.05, 0) is 18.6 Å². The Hall–Kier alpha value is -1.64. The van der Waals surface area contributed by atoms with Crippen LogP contribution in [0.2, 0.25) is 0 Å². The van der Waals surface area contributed by atoms with Crippen LogP contribution in [0, 0.1) is 6.92 Å². The van der Waals surface area contributed by atoms with Crippen molar-refractivity contribution in [3.63, 3.8) is 0 Å². The molecule has 0 aliphatic rings. The van der Waals surface area contributed by atoms with Crippen LogP contribution in [0.15, 0.2) is 24.3 Å². The number of rotatable bonds is 1. The van der Waals surface area contributed by atoms with Gasteiger partial charge >= 0.3 is 0 Å². The van der Waals surface area contributed by atoms with Crippen LogP contribution in [0.3, 0.4) is 0 Å². The van der Waals surface area contributed by atoms with E-state index in [9.17, 15) is 4.79 Å². The minimum Gasteiger partial charge on any atom is -0.355 e. The first-order chi connectivity index (χ1) is 6.25. The predicted molar refractivity (Wildman–Crippen MR) is 51.7 cm³/mol. The standard InChI is InChI=1S/C9H11NO.CH2O/c1-7-5-3-4-6-8(7)9(11)10-2;1-2/h3-6H,1-2H3,(H,10,11);1H2. The number of hydrogen-bond acceptors (Lipinski definition) is 2. The van der Waals surface area contributed by atoms with Crippen LogP contribution in [-0.4, -0.2) is 19.7 Å². The molecule has 0 aliphatic heterocycles. The molecule has 0 spiro atoms. The fourth-order valence-corrected chi connectivity index (χ4v) is 0.962. The zero-order valence-corrected chi connectivity index (χ0v) is 7.83. The van der Waals surface area contributed by atoms with Gasteiger partial charge in [-0.3, -0.25) is 4.79 Å². The summed E-state index contributed by atoms with van der Waals surface area (Å²) in [7, 11) is 1.63. The van der Waals surface area contributed by atoms with Crippen LogP contribution in [0.4, 0.5) is 0 Å². The first-order valence-electron chi connectivity index (χ1n) is 3.82. The highest BCUT2D eigenvalue weighted by molar-refractivity contribution is 5.95. The number of hydrogen-bond donors (Lipinski definition) is 1. The van der Waals surface area contributed by atoms with Crippen LogP contribution < -0.4 is 5.32 Å². The SMILES string of the molecule is C=O.CNC(=O)c1ccccc1C. The maximum absolute atomic E-state index is 11.1. The van der Waals surface area contributed by atoms with Gasteiger partial charge in [0.15, 0.2) is 0 Å². The summed E-state index contributed by atoms with van der Waals surface area (Å²) in [6.07, 6.45) is 0. The Bertz CT molecular complexity index is 284. The summed E-state index contributed by atoms with van der Waals surface area (Å²) in [6, 6.07) is 7.51. The Balaban J connectivity index is 0.000000671. The number of carbonyl (C=O) groups excluding carboxylic acids is 2. The van der Waals surface area contributed by atoms with Gasteiger partial charge in [-0.25, -0.2) is 0 Å². The maximum Gasteiger partial charge on any atom is 0.251 e. The number of benzene rings is 1. The Kier molecular flexibility index (Phi) is 5.19. The monoisotopic (exact) mass is 179 g/mol. The van der Waals surface area contributed by atoms with Gasteiger partial charge in [-0.2, -0.15) is 0 Å². The van der Waals surface area contributed by atoms with Gasteiger partial charge in [0.1, 0.15) is 6.79 Å². The van der Waals surface area contributed by atoms with E-state index in [-0.39, 0.29) is 5.91 Å². The first-order valence-corrected chi connectivity index (χ1v) is 3.82. The lowest BCUT2D eigenvalue weighted by Crippen LogP contribution is -2.18. The highest BCUT2D eigenvalue weighted by Crippen LogP contribution is 2.05. The Morgan fingerprint density at radius 1 is 1.31 bits per heavy atom. The highest BCUT2D eigenvalue weighted by Gasteiger charge is 2.03. The minimum absolute atomic E-state index is 0.0249. The largest absolute Gasteiger partial charge is 0.355 e. The second kappa shape index (κ2) is 5.94. The molecule has 1 rings (SSSR count). The van der Waals surface area contributed by atoms with Gasteiger partial charge in [-0.15, -0.1) is 0 Å². The third kappa shape index (κ3) is 3.07. The normalized spacial score (nSPS) is 8.15. The molecule has 0 aliphatic carbocycles. The van der Waals surface area contributed by atoms with Gasteiger partial charge in [-0.1, -0.05) is 18.2 Å². The highest BCUT2D eigenvalue weighted by atomic mass is 16.1. The first kappa shape index (κ1) is 11.4.